The van der Waals surface area contributed by atoms with Crippen molar-refractivity contribution in [2.75, 3.05) is 88.6 Å². The summed E-state index contributed by atoms with van der Waals surface area (Å²) in [4.78, 5) is 1.75. The van der Waals surface area contributed by atoms with Crippen LogP contribution in [0.3, 0.4) is 0 Å². The minimum Gasteiger partial charge on any atom is -0.335 e. The lowest BCUT2D eigenvalue weighted by Crippen LogP contribution is -3.12. The molecule has 54 heavy (non-hydrogen) atoms. The van der Waals surface area contributed by atoms with Crippen molar-refractivity contribution in [3.63, 3.8) is 0 Å². The predicted molar refractivity (Wildman–Crippen MR) is 248 cm³/mol. The molecule has 0 heterocycles. The average molecular weight is 769 g/mol. The van der Waals surface area contributed by atoms with Crippen LogP contribution in [-0.4, -0.2) is 114 Å². The largest absolute Gasteiger partial charge is 0.335 e. The molecule has 1 N–H and O–H groups in total. The Morgan fingerprint density at radius 1 is 0.426 bits per heavy atom. The first-order valence-corrected chi connectivity index (χ1v) is 24.9. The zero-order valence-corrected chi connectivity index (χ0v) is 41.0. The highest BCUT2D eigenvalue weighted by molar-refractivity contribution is 4.69. The van der Waals surface area contributed by atoms with E-state index < -0.39 is 0 Å². The van der Waals surface area contributed by atoms with Crippen LogP contribution in [0.1, 0.15) is 228 Å². The molecule has 0 amide bonds. The second kappa shape index (κ2) is 34.8. The summed E-state index contributed by atoms with van der Waals surface area (Å²) in [5, 5.41) is 0. The number of unbranched alkanes of at least 4 members (excludes halogenated alkanes) is 21. The predicted octanol–water partition coefficient (Wildman–Crippen LogP) is 12.9. The highest BCUT2D eigenvalue weighted by Crippen LogP contribution is 2.27. The van der Waals surface area contributed by atoms with Gasteiger partial charge in [-0.05, 0) is 78.6 Å². The Morgan fingerprint density at radius 3 is 1.13 bits per heavy atom. The van der Waals surface area contributed by atoms with Gasteiger partial charge in [0.1, 0.15) is 0 Å². The van der Waals surface area contributed by atoms with Crippen LogP contribution in [0.4, 0.5) is 0 Å². The number of hydrogen-bond donors (Lipinski definition) is 1. The van der Waals surface area contributed by atoms with Crippen LogP contribution in [0.2, 0.25) is 0 Å². The lowest BCUT2D eigenvalue weighted by atomic mass is 9.92. The van der Waals surface area contributed by atoms with E-state index in [2.05, 4.69) is 84.0 Å². The summed E-state index contributed by atoms with van der Waals surface area (Å²) in [6, 6.07) is 0.783. The molecule has 0 bridgehead atoms. The minimum absolute atomic E-state index is 0.346. The fourth-order valence-electron chi connectivity index (χ4n) is 8.38. The van der Waals surface area contributed by atoms with Gasteiger partial charge in [0.25, 0.3) is 0 Å². The van der Waals surface area contributed by atoms with Crippen molar-refractivity contribution in [1.82, 2.24) is 0 Å². The van der Waals surface area contributed by atoms with Gasteiger partial charge in [0.15, 0.2) is 0 Å². The van der Waals surface area contributed by atoms with Gasteiger partial charge in [0.2, 0.25) is 0 Å². The van der Waals surface area contributed by atoms with Crippen molar-refractivity contribution in [2.24, 2.45) is 0 Å². The van der Waals surface area contributed by atoms with E-state index >= 15 is 0 Å². The molecule has 4 heteroatoms. The van der Waals surface area contributed by atoms with Crippen molar-refractivity contribution < 1.29 is 18.3 Å². The van der Waals surface area contributed by atoms with E-state index in [-0.39, 0.29) is 0 Å². The molecule has 0 fully saturated rings. The van der Waals surface area contributed by atoms with Crippen LogP contribution in [0.15, 0.2) is 0 Å². The van der Waals surface area contributed by atoms with Gasteiger partial charge < -0.3 is 18.3 Å². The molecule has 0 spiro atoms. The Hall–Kier alpha value is -0.160. The van der Waals surface area contributed by atoms with Gasteiger partial charge in [-0.25, -0.2) is 0 Å². The van der Waals surface area contributed by atoms with Gasteiger partial charge in [0, 0.05) is 19.3 Å². The van der Waals surface area contributed by atoms with E-state index in [1.54, 1.807) is 4.90 Å². The van der Waals surface area contributed by atoms with Crippen molar-refractivity contribution in [3.8, 4) is 0 Å². The molecule has 2 atom stereocenters. The molecule has 0 saturated carbocycles. The van der Waals surface area contributed by atoms with Crippen molar-refractivity contribution in [2.45, 2.75) is 240 Å². The van der Waals surface area contributed by atoms with Gasteiger partial charge >= 0.3 is 0 Å². The first kappa shape index (κ1) is 55.9. The number of hydrogen-bond acceptors (Lipinski definition) is 0. The third kappa shape index (κ3) is 32.9. The molecule has 0 aromatic heterocycles. The van der Waals surface area contributed by atoms with Crippen LogP contribution in [0, 0.1) is 0 Å². The summed E-state index contributed by atoms with van der Waals surface area (Å²) in [5.41, 5.74) is 0.346. The summed E-state index contributed by atoms with van der Waals surface area (Å²) < 4.78 is 3.58. The third-order valence-electron chi connectivity index (χ3n) is 13.7. The quantitative estimate of drug-likeness (QED) is 0.0469. The van der Waals surface area contributed by atoms with Gasteiger partial charge in [-0.3, -0.25) is 0 Å². The van der Waals surface area contributed by atoms with E-state index in [1.807, 2.05) is 13.8 Å². The summed E-state index contributed by atoms with van der Waals surface area (Å²) >= 11 is 0. The molecule has 0 aliphatic rings. The second-order valence-corrected chi connectivity index (χ2v) is 20.5. The second-order valence-electron chi connectivity index (χ2n) is 20.5. The molecule has 0 aromatic rings. The highest BCUT2D eigenvalue weighted by Gasteiger charge is 2.35. The fraction of sp³-hybridized carbons (Fsp3) is 1.00. The molecule has 2 unspecified atom stereocenters. The summed E-state index contributed by atoms with van der Waals surface area (Å²) in [6.45, 7) is 24.2. The van der Waals surface area contributed by atoms with Crippen molar-refractivity contribution in [1.29, 1.82) is 0 Å². The molecule has 0 aliphatic heterocycles. The maximum absolute atomic E-state index is 2.54. The molecule has 0 aromatic carbocycles. The minimum atomic E-state index is 0.346. The zero-order chi connectivity index (χ0) is 41.2. The molecule has 0 rings (SSSR count). The SMILES string of the molecule is CC.CCCCCCCCCCCC[N+](C)(C)CCCCC(C)[NH+](C)CCCCC(C)(C)[N+](C)(C)CCCC[N+](C)(C)CCCCCCCCCCCC. The van der Waals surface area contributed by atoms with Crippen LogP contribution < -0.4 is 4.90 Å². The highest BCUT2D eigenvalue weighted by atomic mass is 15.4. The molecule has 328 valence electrons. The summed E-state index contributed by atoms with van der Waals surface area (Å²) in [5.74, 6) is 0. The zero-order valence-electron chi connectivity index (χ0n) is 41.0. The Bertz CT molecular complexity index is 773. The van der Waals surface area contributed by atoms with E-state index in [1.165, 1.54) is 228 Å². The lowest BCUT2D eigenvalue weighted by molar-refractivity contribution is -0.939. The van der Waals surface area contributed by atoms with Crippen LogP contribution in [0.5, 0.6) is 0 Å². The van der Waals surface area contributed by atoms with Crippen LogP contribution >= 0.6 is 0 Å². The third-order valence-corrected chi connectivity index (χ3v) is 13.7. The lowest BCUT2D eigenvalue weighted by Gasteiger charge is -2.45. The molecule has 0 aliphatic carbocycles. The van der Waals surface area contributed by atoms with Crippen molar-refractivity contribution >= 4 is 0 Å². The number of rotatable bonds is 39. The van der Waals surface area contributed by atoms with E-state index in [4.69, 9.17) is 0 Å². The summed E-state index contributed by atoms with van der Waals surface area (Å²) in [7, 11) is 17.3. The molecular formula is C50H112N4+4. The maximum Gasteiger partial charge on any atom is 0.0931 e. The topological polar surface area (TPSA) is 4.44 Å². The Kier molecular flexibility index (Phi) is 36.1. The Balaban J connectivity index is 0. The Morgan fingerprint density at radius 2 is 0.741 bits per heavy atom. The first-order valence-electron chi connectivity index (χ1n) is 24.9. The molecular weight excluding hydrogens is 657 g/mol. The Labute approximate surface area is 345 Å². The van der Waals surface area contributed by atoms with E-state index in [9.17, 15) is 0 Å². The fourth-order valence-corrected chi connectivity index (χ4v) is 8.38. The van der Waals surface area contributed by atoms with Crippen molar-refractivity contribution in [3.05, 3.63) is 0 Å². The molecule has 0 radical (unpaired) electrons. The first-order chi connectivity index (χ1) is 25.6. The smallest absolute Gasteiger partial charge is 0.0931 e. The molecule has 0 saturated heterocycles. The normalized spacial score (nSPS) is 13.9. The van der Waals surface area contributed by atoms with E-state index in [0.717, 1.165) is 10.5 Å². The van der Waals surface area contributed by atoms with Crippen LogP contribution in [0.25, 0.3) is 0 Å². The molecule has 4 nitrogen and oxygen atoms in total. The van der Waals surface area contributed by atoms with Gasteiger partial charge in [0.05, 0.1) is 100 Å². The van der Waals surface area contributed by atoms with Gasteiger partial charge in [-0.1, -0.05) is 130 Å². The van der Waals surface area contributed by atoms with Gasteiger partial charge in [-0.15, -0.1) is 0 Å². The van der Waals surface area contributed by atoms with Gasteiger partial charge in [-0.2, -0.15) is 0 Å². The monoisotopic (exact) mass is 769 g/mol. The van der Waals surface area contributed by atoms with Crippen LogP contribution in [-0.2, 0) is 0 Å². The number of nitrogens with zero attached hydrogens (tertiary/aromatic N) is 3. The number of quaternary nitrogens is 4. The average Bonchev–Trinajstić information content (AvgIpc) is 3.12. The maximum atomic E-state index is 2.54. The van der Waals surface area contributed by atoms with E-state index in [0.29, 0.717) is 5.54 Å². The number of nitrogens with one attached hydrogen (secondary N) is 1. The summed E-state index contributed by atoms with van der Waals surface area (Å²) in [6.07, 6.45) is 39.7. The standard InChI is InChI=1S/C48H105N4.C2H6/c1-13-15-17-19-21-23-25-27-29-34-42-50(7,8)44-36-31-39-47(3)49(6)41-33-32-40-48(4,5)52(11,12)46-38-37-45-51(9,10)43-35-30-28-26-24-22-20-18-16-14-2;1-2/h47H,13-46H2,1-12H3;1-2H3/q+3;/p+1.